The molecule has 0 saturated heterocycles. The zero-order chi connectivity index (χ0) is 9.40. The van der Waals surface area contributed by atoms with Crippen LogP contribution in [-0.2, 0) is 0 Å². The first-order valence-corrected chi connectivity index (χ1v) is 4.13. The van der Waals surface area contributed by atoms with E-state index >= 15 is 0 Å². The predicted octanol–water partition coefficient (Wildman–Crippen LogP) is 3.14. The number of rotatable bonds is 4. The smallest absolute Gasteiger partial charge is 0.0660 e. The number of allylic oxidation sites excluding steroid dienone is 4. The molecule has 0 radical (unpaired) electrons. The van der Waals surface area contributed by atoms with Gasteiger partial charge in [0.15, 0.2) is 0 Å². The van der Waals surface area contributed by atoms with Gasteiger partial charge in [0, 0.05) is 0 Å². The van der Waals surface area contributed by atoms with Crippen molar-refractivity contribution in [3.05, 3.63) is 23.3 Å². The maximum Gasteiger partial charge on any atom is 0.0660 e. The van der Waals surface area contributed by atoms with Crippen LogP contribution in [0, 0.1) is 0 Å². The second-order valence-corrected chi connectivity index (χ2v) is 3.10. The molecule has 68 valence electrons. The molecule has 0 amide bonds. The fourth-order valence-electron chi connectivity index (χ4n) is 0.832. The monoisotopic (exact) mass is 167 g/mol. The summed E-state index contributed by atoms with van der Waals surface area (Å²) in [6.07, 6.45) is 7.51. The van der Waals surface area contributed by atoms with Crippen molar-refractivity contribution < 1.29 is 5.21 Å². The quantitative estimate of drug-likeness (QED) is 0.296. The highest BCUT2D eigenvalue weighted by molar-refractivity contribution is 5.71. The van der Waals surface area contributed by atoms with Crippen molar-refractivity contribution >= 4 is 6.21 Å². The van der Waals surface area contributed by atoms with E-state index in [0.29, 0.717) is 0 Å². The van der Waals surface area contributed by atoms with E-state index in [1.54, 1.807) is 0 Å². The van der Waals surface area contributed by atoms with Crippen LogP contribution in [0.3, 0.4) is 0 Å². The van der Waals surface area contributed by atoms with Crippen molar-refractivity contribution in [1.82, 2.24) is 0 Å². The highest BCUT2D eigenvalue weighted by Crippen LogP contribution is 2.05. The largest absolute Gasteiger partial charge is 0.411 e. The molecule has 0 spiro atoms. The Labute approximate surface area is 74.3 Å². The van der Waals surface area contributed by atoms with Crippen molar-refractivity contribution in [3.8, 4) is 0 Å². The summed E-state index contributed by atoms with van der Waals surface area (Å²) in [7, 11) is 0. The van der Waals surface area contributed by atoms with Gasteiger partial charge in [0.25, 0.3) is 0 Å². The van der Waals surface area contributed by atoms with E-state index in [1.165, 1.54) is 17.4 Å². The van der Waals surface area contributed by atoms with Crippen molar-refractivity contribution in [2.75, 3.05) is 0 Å². The molecule has 0 aromatic carbocycles. The lowest BCUT2D eigenvalue weighted by Crippen LogP contribution is -1.78. The molecule has 2 heteroatoms. The van der Waals surface area contributed by atoms with Gasteiger partial charge in [-0.1, -0.05) is 22.4 Å². The van der Waals surface area contributed by atoms with Crippen LogP contribution in [0.5, 0.6) is 0 Å². The van der Waals surface area contributed by atoms with Crippen molar-refractivity contribution in [2.24, 2.45) is 5.16 Å². The molecule has 0 aromatic heterocycles. The van der Waals surface area contributed by atoms with E-state index < -0.39 is 0 Å². The Morgan fingerprint density at radius 3 is 2.50 bits per heavy atom. The lowest BCUT2D eigenvalue weighted by molar-refractivity contribution is 0.322. The minimum absolute atomic E-state index is 1.02. The molecule has 0 fully saturated rings. The molecule has 0 aliphatic rings. The lowest BCUT2D eigenvalue weighted by atomic mass is 10.1. The summed E-state index contributed by atoms with van der Waals surface area (Å²) in [4.78, 5) is 0. The molecular formula is C10H17NO. The molecule has 0 unspecified atom stereocenters. The minimum atomic E-state index is 1.02. The van der Waals surface area contributed by atoms with E-state index in [-0.39, 0.29) is 0 Å². The van der Waals surface area contributed by atoms with Crippen molar-refractivity contribution in [3.63, 3.8) is 0 Å². The fourth-order valence-corrected chi connectivity index (χ4v) is 0.832. The molecule has 12 heavy (non-hydrogen) atoms. The van der Waals surface area contributed by atoms with Gasteiger partial charge in [0.1, 0.15) is 0 Å². The maximum absolute atomic E-state index is 8.14. The Morgan fingerprint density at radius 2 is 2.00 bits per heavy atom. The van der Waals surface area contributed by atoms with Gasteiger partial charge in [-0.25, -0.2) is 0 Å². The molecular weight excluding hydrogens is 150 g/mol. The van der Waals surface area contributed by atoms with E-state index in [1.807, 2.05) is 13.0 Å². The fraction of sp³-hybridized carbons (Fsp3) is 0.500. The third-order valence-electron chi connectivity index (χ3n) is 1.52. The van der Waals surface area contributed by atoms with Crippen LogP contribution in [0.4, 0.5) is 0 Å². The third-order valence-corrected chi connectivity index (χ3v) is 1.52. The molecule has 2 nitrogen and oxygen atoms in total. The second kappa shape index (κ2) is 6.65. The van der Waals surface area contributed by atoms with Gasteiger partial charge < -0.3 is 5.21 Å². The van der Waals surface area contributed by atoms with E-state index in [9.17, 15) is 0 Å². The summed E-state index contributed by atoms with van der Waals surface area (Å²) >= 11 is 0. The Hall–Kier alpha value is -1.05. The molecule has 0 bridgehead atoms. The first-order valence-electron chi connectivity index (χ1n) is 4.13. The molecule has 0 saturated carbocycles. The third kappa shape index (κ3) is 7.06. The molecule has 0 aliphatic heterocycles. The zero-order valence-corrected chi connectivity index (χ0v) is 8.04. The first kappa shape index (κ1) is 11.0. The Balaban J connectivity index is 3.71. The number of nitrogens with zero attached hydrogens (tertiary/aromatic N) is 1. The van der Waals surface area contributed by atoms with Crippen LogP contribution in [0.1, 0.15) is 33.6 Å². The number of hydrogen-bond acceptors (Lipinski definition) is 2. The summed E-state index contributed by atoms with van der Waals surface area (Å²) in [5.41, 5.74) is 2.57. The molecule has 1 N–H and O–H groups in total. The normalized spacial score (nSPS) is 12.1. The average Bonchev–Trinajstić information content (AvgIpc) is 2.00. The maximum atomic E-state index is 8.14. The van der Waals surface area contributed by atoms with Gasteiger partial charge in [-0.15, -0.1) is 0 Å². The van der Waals surface area contributed by atoms with E-state index in [4.69, 9.17) is 5.21 Å². The average molecular weight is 167 g/mol. The topological polar surface area (TPSA) is 32.6 Å². The SMILES string of the molecule is CC(C)=CCC/C(C)=C\C=NO. The summed E-state index contributed by atoms with van der Waals surface area (Å²) in [5, 5.41) is 11.0. The van der Waals surface area contributed by atoms with Crippen LogP contribution >= 0.6 is 0 Å². The van der Waals surface area contributed by atoms with Gasteiger partial charge in [0.05, 0.1) is 6.21 Å². The summed E-state index contributed by atoms with van der Waals surface area (Å²) in [5.74, 6) is 0. The summed E-state index contributed by atoms with van der Waals surface area (Å²) < 4.78 is 0. The van der Waals surface area contributed by atoms with Gasteiger partial charge in [-0.2, -0.15) is 0 Å². The molecule has 0 aromatic rings. The first-order chi connectivity index (χ1) is 5.66. The van der Waals surface area contributed by atoms with E-state index in [2.05, 4.69) is 25.1 Å². The predicted molar refractivity (Wildman–Crippen MR) is 52.7 cm³/mol. The van der Waals surface area contributed by atoms with Gasteiger partial charge in [-0.05, 0) is 39.7 Å². The van der Waals surface area contributed by atoms with Crippen LogP contribution in [-0.4, -0.2) is 11.4 Å². The van der Waals surface area contributed by atoms with Crippen LogP contribution in [0.25, 0.3) is 0 Å². The summed E-state index contributed by atoms with van der Waals surface area (Å²) in [6, 6.07) is 0. The zero-order valence-electron chi connectivity index (χ0n) is 8.04. The van der Waals surface area contributed by atoms with Crippen LogP contribution in [0.2, 0.25) is 0 Å². The van der Waals surface area contributed by atoms with Crippen LogP contribution in [0.15, 0.2) is 28.5 Å². The highest BCUT2D eigenvalue weighted by Gasteiger charge is 1.86. The standard InChI is InChI=1S/C10H17NO/c1-9(2)5-4-6-10(3)7-8-11-12/h5,7-8,12H,4,6H2,1-3H3/b10-7-,11-8?. The highest BCUT2D eigenvalue weighted by atomic mass is 16.4. The second-order valence-electron chi connectivity index (χ2n) is 3.10. The summed E-state index contributed by atoms with van der Waals surface area (Å²) in [6.45, 7) is 6.21. The van der Waals surface area contributed by atoms with Crippen molar-refractivity contribution in [2.45, 2.75) is 33.6 Å². The Morgan fingerprint density at radius 1 is 1.33 bits per heavy atom. The Bertz CT molecular complexity index is 198. The molecule has 0 atom stereocenters. The van der Waals surface area contributed by atoms with Gasteiger partial charge in [0.2, 0.25) is 0 Å². The number of hydrogen-bond donors (Lipinski definition) is 1. The molecule has 0 rings (SSSR count). The number of oxime groups is 1. The Kier molecular flexibility index (Phi) is 6.07. The lowest BCUT2D eigenvalue weighted by Gasteiger charge is -1.95. The molecule has 0 aliphatic carbocycles. The molecule has 0 heterocycles. The van der Waals surface area contributed by atoms with E-state index in [0.717, 1.165) is 12.8 Å². The van der Waals surface area contributed by atoms with Gasteiger partial charge >= 0.3 is 0 Å². The van der Waals surface area contributed by atoms with Crippen LogP contribution < -0.4 is 0 Å². The minimum Gasteiger partial charge on any atom is -0.411 e. The van der Waals surface area contributed by atoms with Crippen molar-refractivity contribution in [1.29, 1.82) is 0 Å². The van der Waals surface area contributed by atoms with Gasteiger partial charge in [-0.3, -0.25) is 0 Å².